The first-order valence-corrected chi connectivity index (χ1v) is 5.35. The Morgan fingerprint density at radius 3 is 2.53 bits per heavy atom. The number of rotatable bonds is 4. The highest BCUT2D eigenvalue weighted by Gasteiger charge is 2.42. The first-order valence-electron chi connectivity index (χ1n) is 5.35. The molecule has 0 amide bonds. The zero-order valence-corrected chi connectivity index (χ0v) is 9.11. The van der Waals surface area contributed by atoms with Crippen LogP contribution in [0.3, 0.4) is 0 Å². The molecule has 3 N–H and O–H groups in total. The summed E-state index contributed by atoms with van der Waals surface area (Å²) in [6, 6.07) is 0.907. The van der Waals surface area contributed by atoms with Gasteiger partial charge in [-0.15, -0.1) is 0 Å². The van der Waals surface area contributed by atoms with Gasteiger partial charge in [0.1, 0.15) is 0 Å². The molecule has 4 nitrogen and oxygen atoms in total. The maximum absolute atomic E-state index is 12.3. The van der Waals surface area contributed by atoms with E-state index in [1.165, 1.54) is 6.20 Å². The molecule has 0 saturated heterocycles. The number of aromatic nitrogens is 2. The van der Waals surface area contributed by atoms with Crippen LogP contribution in [0.4, 0.5) is 13.2 Å². The van der Waals surface area contributed by atoms with E-state index in [4.69, 9.17) is 5.73 Å². The summed E-state index contributed by atoms with van der Waals surface area (Å²) in [6.07, 6.45) is -1.39. The van der Waals surface area contributed by atoms with E-state index in [1.54, 1.807) is 0 Å². The summed E-state index contributed by atoms with van der Waals surface area (Å²) < 4.78 is 38.1. The van der Waals surface area contributed by atoms with Gasteiger partial charge in [-0.1, -0.05) is 0 Å². The minimum atomic E-state index is -4.44. The molecule has 1 fully saturated rings. The summed E-state index contributed by atoms with van der Waals surface area (Å²) in [5, 5.41) is 12.7. The van der Waals surface area contributed by atoms with Crippen LogP contribution in [0.5, 0.6) is 0 Å². The van der Waals surface area contributed by atoms with E-state index in [0.29, 0.717) is 0 Å². The monoisotopic (exact) mass is 249 g/mol. The molecule has 1 atom stereocenters. The van der Waals surface area contributed by atoms with Crippen LogP contribution in [0, 0.1) is 5.92 Å². The van der Waals surface area contributed by atoms with Gasteiger partial charge in [0.05, 0.1) is 18.7 Å². The van der Waals surface area contributed by atoms with E-state index in [1.807, 2.05) is 0 Å². The Morgan fingerprint density at radius 1 is 1.47 bits per heavy atom. The SMILES string of the molecule is NC(CO)(Cn1ccc(C(F)(F)F)n1)C1CC1. The average Bonchev–Trinajstić information content (AvgIpc) is 2.99. The molecule has 2 rings (SSSR count). The van der Waals surface area contributed by atoms with Crippen molar-refractivity contribution in [1.82, 2.24) is 9.78 Å². The van der Waals surface area contributed by atoms with E-state index >= 15 is 0 Å². The van der Waals surface area contributed by atoms with Gasteiger partial charge in [0, 0.05) is 6.20 Å². The fourth-order valence-electron chi connectivity index (χ4n) is 1.87. The molecule has 1 aromatic heterocycles. The van der Waals surface area contributed by atoms with Crippen molar-refractivity contribution in [1.29, 1.82) is 0 Å². The highest BCUT2D eigenvalue weighted by atomic mass is 19.4. The molecule has 0 aromatic carbocycles. The predicted molar refractivity (Wildman–Crippen MR) is 54.0 cm³/mol. The molecule has 1 heterocycles. The number of halogens is 3. The molecule has 17 heavy (non-hydrogen) atoms. The number of alkyl halides is 3. The zero-order chi connectivity index (χ0) is 12.7. The smallest absolute Gasteiger partial charge is 0.394 e. The van der Waals surface area contributed by atoms with Crippen molar-refractivity contribution in [2.24, 2.45) is 11.7 Å². The first kappa shape index (κ1) is 12.4. The van der Waals surface area contributed by atoms with Gasteiger partial charge in [0.25, 0.3) is 0 Å². The number of nitrogens with two attached hydrogens (primary N) is 1. The van der Waals surface area contributed by atoms with Gasteiger partial charge in [-0.2, -0.15) is 18.3 Å². The number of hydrogen-bond acceptors (Lipinski definition) is 3. The fraction of sp³-hybridized carbons (Fsp3) is 0.700. The Kier molecular flexibility index (Phi) is 2.90. The Bertz CT molecular complexity index is 400. The Hall–Kier alpha value is -1.08. The number of hydrogen-bond donors (Lipinski definition) is 2. The van der Waals surface area contributed by atoms with Gasteiger partial charge in [0.2, 0.25) is 0 Å². The summed E-state index contributed by atoms with van der Waals surface area (Å²) in [7, 11) is 0. The summed E-state index contributed by atoms with van der Waals surface area (Å²) in [4.78, 5) is 0. The second-order valence-electron chi connectivity index (χ2n) is 4.56. The third-order valence-electron chi connectivity index (χ3n) is 3.07. The zero-order valence-electron chi connectivity index (χ0n) is 9.11. The largest absolute Gasteiger partial charge is 0.435 e. The van der Waals surface area contributed by atoms with Gasteiger partial charge >= 0.3 is 6.18 Å². The summed E-state index contributed by atoms with van der Waals surface area (Å²) in [5.74, 6) is 0.172. The molecule has 1 saturated carbocycles. The van der Waals surface area contributed by atoms with E-state index in [2.05, 4.69) is 5.10 Å². The summed E-state index contributed by atoms with van der Waals surface area (Å²) in [5.41, 5.74) is 4.16. The van der Waals surface area contributed by atoms with E-state index in [9.17, 15) is 18.3 Å². The van der Waals surface area contributed by atoms with Crippen molar-refractivity contribution >= 4 is 0 Å². The topological polar surface area (TPSA) is 64.1 Å². The quantitative estimate of drug-likeness (QED) is 0.836. The van der Waals surface area contributed by atoms with Gasteiger partial charge in [-0.3, -0.25) is 4.68 Å². The van der Waals surface area contributed by atoms with E-state index < -0.39 is 17.4 Å². The molecule has 7 heteroatoms. The van der Waals surface area contributed by atoms with Crippen molar-refractivity contribution < 1.29 is 18.3 Å². The van der Waals surface area contributed by atoms with Crippen LogP contribution in [0.2, 0.25) is 0 Å². The number of aliphatic hydroxyl groups excluding tert-OH is 1. The number of aliphatic hydroxyl groups is 1. The Morgan fingerprint density at radius 2 is 2.12 bits per heavy atom. The highest BCUT2D eigenvalue weighted by Crippen LogP contribution is 2.39. The summed E-state index contributed by atoms with van der Waals surface area (Å²) >= 11 is 0. The van der Waals surface area contributed by atoms with Gasteiger partial charge in [-0.05, 0) is 24.8 Å². The van der Waals surface area contributed by atoms with Crippen LogP contribution in [0.25, 0.3) is 0 Å². The molecule has 1 aromatic rings. The van der Waals surface area contributed by atoms with Crippen LogP contribution < -0.4 is 5.73 Å². The molecule has 0 aliphatic heterocycles. The molecule has 0 radical (unpaired) electrons. The van der Waals surface area contributed by atoms with Crippen LogP contribution in [-0.2, 0) is 12.7 Å². The maximum Gasteiger partial charge on any atom is 0.435 e. The van der Waals surface area contributed by atoms with Gasteiger partial charge in [0.15, 0.2) is 5.69 Å². The normalized spacial score (nSPS) is 20.3. The second kappa shape index (κ2) is 3.99. The first-order chi connectivity index (χ1) is 7.85. The lowest BCUT2D eigenvalue weighted by Gasteiger charge is -2.26. The minimum Gasteiger partial charge on any atom is -0.394 e. The minimum absolute atomic E-state index is 0.101. The van der Waals surface area contributed by atoms with Crippen molar-refractivity contribution in [3.05, 3.63) is 18.0 Å². The predicted octanol–water partition coefficient (Wildman–Crippen LogP) is 1.00. The van der Waals surface area contributed by atoms with Crippen LogP contribution in [0.1, 0.15) is 18.5 Å². The van der Waals surface area contributed by atoms with Crippen molar-refractivity contribution in [2.75, 3.05) is 6.61 Å². The second-order valence-corrected chi connectivity index (χ2v) is 4.56. The lowest BCUT2D eigenvalue weighted by molar-refractivity contribution is -0.141. The molecule has 96 valence electrons. The highest BCUT2D eigenvalue weighted by molar-refractivity contribution is 5.05. The average molecular weight is 249 g/mol. The molecular weight excluding hydrogens is 235 g/mol. The Labute approximate surface area is 96.2 Å². The maximum atomic E-state index is 12.3. The number of nitrogens with zero attached hydrogens (tertiary/aromatic N) is 2. The van der Waals surface area contributed by atoms with E-state index in [-0.39, 0.29) is 19.1 Å². The molecule has 1 aliphatic carbocycles. The Balaban J connectivity index is 2.10. The fourth-order valence-corrected chi connectivity index (χ4v) is 1.87. The molecule has 1 aliphatic rings. The van der Waals surface area contributed by atoms with Crippen molar-refractivity contribution in [3.8, 4) is 0 Å². The molecular formula is C10H14F3N3O. The van der Waals surface area contributed by atoms with Crippen molar-refractivity contribution in [2.45, 2.75) is 31.1 Å². The lowest BCUT2D eigenvalue weighted by atomic mass is 9.96. The third-order valence-corrected chi connectivity index (χ3v) is 3.07. The standard InChI is InChI=1S/C10H14F3N3O/c11-10(12,13)8-3-4-16(15-8)5-9(14,6-17)7-1-2-7/h3-4,7,17H,1-2,5-6,14H2. The van der Waals surface area contributed by atoms with Crippen LogP contribution >= 0.6 is 0 Å². The molecule has 0 spiro atoms. The molecule has 0 bridgehead atoms. The lowest BCUT2D eigenvalue weighted by Crippen LogP contribution is -2.49. The van der Waals surface area contributed by atoms with E-state index in [0.717, 1.165) is 23.6 Å². The van der Waals surface area contributed by atoms with Gasteiger partial charge < -0.3 is 10.8 Å². The molecule has 1 unspecified atom stereocenters. The third kappa shape index (κ3) is 2.61. The van der Waals surface area contributed by atoms with Crippen LogP contribution in [-0.4, -0.2) is 27.0 Å². The van der Waals surface area contributed by atoms with Crippen molar-refractivity contribution in [3.63, 3.8) is 0 Å². The van der Waals surface area contributed by atoms with Crippen LogP contribution in [0.15, 0.2) is 12.3 Å². The summed E-state index contributed by atoms with van der Waals surface area (Å²) in [6.45, 7) is -0.150. The van der Waals surface area contributed by atoms with Gasteiger partial charge in [-0.25, -0.2) is 0 Å².